The number of aliphatic imine (C=N–C) groups is 1. The molecule has 0 spiro atoms. The molecule has 0 saturated heterocycles. The van der Waals surface area contributed by atoms with Crippen LogP contribution in [0.5, 0.6) is 11.5 Å². The van der Waals surface area contributed by atoms with Gasteiger partial charge in [-0.1, -0.05) is 19.9 Å². The SMILES string of the molecule is CCNC(=NCc1ccc(OC)c(OCC)c1)NC(C)CCCN(CC)CC. The molecule has 1 rings (SSSR count). The first-order valence-corrected chi connectivity index (χ1v) is 10.6. The van der Waals surface area contributed by atoms with Gasteiger partial charge in [0.2, 0.25) is 0 Å². The molecule has 1 atom stereocenters. The molecule has 1 aromatic carbocycles. The third-order valence-corrected chi connectivity index (χ3v) is 4.68. The number of hydrogen-bond donors (Lipinski definition) is 2. The quantitative estimate of drug-likeness (QED) is 0.396. The maximum atomic E-state index is 5.66. The second-order valence-corrected chi connectivity index (χ2v) is 6.83. The van der Waals surface area contributed by atoms with E-state index in [-0.39, 0.29) is 0 Å². The molecule has 0 fully saturated rings. The third kappa shape index (κ3) is 8.83. The van der Waals surface area contributed by atoms with Crippen LogP contribution in [0.15, 0.2) is 23.2 Å². The number of nitrogens with one attached hydrogen (secondary N) is 2. The van der Waals surface area contributed by atoms with Crippen LogP contribution in [0.25, 0.3) is 0 Å². The number of nitrogens with zero attached hydrogens (tertiary/aromatic N) is 2. The Morgan fingerprint density at radius 3 is 2.50 bits per heavy atom. The second-order valence-electron chi connectivity index (χ2n) is 6.83. The number of benzene rings is 1. The van der Waals surface area contributed by atoms with Crippen LogP contribution in [0.4, 0.5) is 0 Å². The Bertz CT molecular complexity index is 574. The molecule has 160 valence electrons. The van der Waals surface area contributed by atoms with E-state index in [0.717, 1.165) is 55.6 Å². The van der Waals surface area contributed by atoms with E-state index in [9.17, 15) is 0 Å². The summed E-state index contributed by atoms with van der Waals surface area (Å²) in [6.45, 7) is 16.1. The molecule has 6 nitrogen and oxygen atoms in total. The van der Waals surface area contributed by atoms with Gasteiger partial charge in [0.25, 0.3) is 0 Å². The van der Waals surface area contributed by atoms with Crippen LogP contribution in [0.2, 0.25) is 0 Å². The van der Waals surface area contributed by atoms with E-state index >= 15 is 0 Å². The van der Waals surface area contributed by atoms with Crippen molar-refractivity contribution in [2.75, 3.05) is 39.9 Å². The fourth-order valence-corrected chi connectivity index (χ4v) is 3.04. The van der Waals surface area contributed by atoms with Gasteiger partial charge in [-0.3, -0.25) is 0 Å². The van der Waals surface area contributed by atoms with Crippen molar-refractivity contribution in [2.45, 2.75) is 60.0 Å². The predicted octanol–water partition coefficient (Wildman–Crippen LogP) is 3.66. The summed E-state index contributed by atoms with van der Waals surface area (Å²) in [6.07, 6.45) is 2.31. The summed E-state index contributed by atoms with van der Waals surface area (Å²) >= 11 is 0. The van der Waals surface area contributed by atoms with Crippen molar-refractivity contribution in [3.63, 3.8) is 0 Å². The molecule has 6 heteroatoms. The summed E-state index contributed by atoms with van der Waals surface area (Å²) in [6, 6.07) is 6.35. The van der Waals surface area contributed by atoms with Crippen LogP contribution in [0.1, 0.15) is 53.0 Å². The van der Waals surface area contributed by atoms with Crippen LogP contribution >= 0.6 is 0 Å². The second kappa shape index (κ2) is 14.1. The first kappa shape index (κ1) is 24.1. The van der Waals surface area contributed by atoms with Gasteiger partial charge < -0.3 is 25.0 Å². The maximum Gasteiger partial charge on any atom is 0.191 e. The molecule has 0 aromatic heterocycles. The van der Waals surface area contributed by atoms with Gasteiger partial charge in [-0.15, -0.1) is 0 Å². The van der Waals surface area contributed by atoms with E-state index < -0.39 is 0 Å². The molecule has 0 aliphatic heterocycles. The lowest BCUT2D eigenvalue weighted by Gasteiger charge is -2.21. The standard InChI is InChI=1S/C22H40N4O2/c1-7-23-22(25-18(5)12-11-15-26(8-2)9-3)24-17-19-13-14-20(27-6)21(16-19)28-10-4/h13-14,16,18H,7-12,15,17H2,1-6H3,(H2,23,24,25). The zero-order valence-electron chi connectivity index (χ0n) is 18.7. The maximum absolute atomic E-state index is 5.66. The minimum atomic E-state index is 0.378. The minimum absolute atomic E-state index is 0.378. The Morgan fingerprint density at radius 2 is 1.89 bits per heavy atom. The summed E-state index contributed by atoms with van der Waals surface area (Å²) in [5.74, 6) is 2.37. The number of guanidine groups is 1. The van der Waals surface area contributed by atoms with Crippen molar-refractivity contribution >= 4 is 5.96 Å². The van der Waals surface area contributed by atoms with Crippen molar-refractivity contribution in [2.24, 2.45) is 4.99 Å². The minimum Gasteiger partial charge on any atom is -0.493 e. The smallest absolute Gasteiger partial charge is 0.191 e. The van der Waals surface area contributed by atoms with Crippen LogP contribution in [-0.2, 0) is 6.54 Å². The highest BCUT2D eigenvalue weighted by Gasteiger charge is 2.08. The Morgan fingerprint density at radius 1 is 1.14 bits per heavy atom. The van der Waals surface area contributed by atoms with E-state index in [2.05, 4.69) is 43.2 Å². The van der Waals surface area contributed by atoms with E-state index in [1.807, 2.05) is 25.1 Å². The summed E-state index contributed by atoms with van der Waals surface area (Å²) in [5, 5.41) is 6.86. The molecule has 0 bridgehead atoms. The van der Waals surface area contributed by atoms with Crippen molar-refractivity contribution in [1.29, 1.82) is 0 Å². The van der Waals surface area contributed by atoms with Crippen LogP contribution in [0, 0.1) is 0 Å². The largest absolute Gasteiger partial charge is 0.493 e. The predicted molar refractivity (Wildman–Crippen MR) is 119 cm³/mol. The first-order valence-electron chi connectivity index (χ1n) is 10.6. The molecule has 0 saturated carbocycles. The summed E-state index contributed by atoms with van der Waals surface area (Å²) in [7, 11) is 1.66. The molecular weight excluding hydrogens is 352 g/mol. The summed E-state index contributed by atoms with van der Waals surface area (Å²) in [4.78, 5) is 7.21. The van der Waals surface area contributed by atoms with Gasteiger partial charge >= 0.3 is 0 Å². The van der Waals surface area contributed by atoms with Gasteiger partial charge in [0.1, 0.15) is 0 Å². The number of hydrogen-bond acceptors (Lipinski definition) is 4. The fourth-order valence-electron chi connectivity index (χ4n) is 3.04. The molecular formula is C22H40N4O2. The fraction of sp³-hybridized carbons (Fsp3) is 0.682. The molecule has 2 N–H and O–H groups in total. The van der Waals surface area contributed by atoms with Gasteiger partial charge in [-0.05, 0) is 70.9 Å². The summed E-state index contributed by atoms with van der Waals surface area (Å²) < 4.78 is 11.0. The average Bonchev–Trinajstić information content (AvgIpc) is 2.70. The highest BCUT2D eigenvalue weighted by molar-refractivity contribution is 5.80. The Balaban J connectivity index is 2.64. The molecule has 0 aliphatic rings. The molecule has 1 unspecified atom stereocenters. The van der Waals surface area contributed by atoms with Crippen molar-refractivity contribution in [3.8, 4) is 11.5 Å². The Labute approximate surface area is 171 Å². The highest BCUT2D eigenvalue weighted by atomic mass is 16.5. The van der Waals surface area contributed by atoms with Gasteiger partial charge in [0.05, 0.1) is 20.3 Å². The van der Waals surface area contributed by atoms with Gasteiger partial charge in [0.15, 0.2) is 17.5 Å². The topological polar surface area (TPSA) is 58.1 Å². The van der Waals surface area contributed by atoms with Crippen molar-refractivity contribution in [1.82, 2.24) is 15.5 Å². The highest BCUT2D eigenvalue weighted by Crippen LogP contribution is 2.28. The van der Waals surface area contributed by atoms with Crippen LogP contribution < -0.4 is 20.1 Å². The number of methoxy groups -OCH3 is 1. The molecule has 0 heterocycles. The van der Waals surface area contributed by atoms with Gasteiger partial charge in [0, 0.05) is 12.6 Å². The Kier molecular flexibility index (Phi) is 12.1. The van der Waals surface area contributed by atoms with E-state index in [1.54, 1.807) is 7.11 Å². The van der Waals surface area contributed by atoms with E-state index in [1.165, 1.54) is 6.42 Å². The molecule has 0 radical (unpaired) electrons. The van der Waals surface area contributed by atoms with Crippen LogP contribution in [-0.4, -0.2) is 56.8 Å². The molecule has 1 aromatic rings. The number of rotatable bonds is 13. The first-order chi connectivity index (χ1) is 13.6. The zero-order chi connectivity index (χ0) is 20.8. The molecule has 28 heavy (non-hydrogen) atoms. The third-order valence-electron chi connectivity index (χ3n) is 4.68. The lowest BCUT2D eigenvalue weighted by atomic mass is 10.2. The van der Waals surface area contributed by atoms with Gasteiger partial charge in [-0.2, -0.15) is 0 Å². The normalized spacial score (nSPS) is 12.8. The van der Waals surface area contributed by atoms with Crippen molar-refractivity contribution in [3.05, 3.63) is 23.8 Å². The number of ether oxygens (including phenoxy) is 2. The average molecular weight is 393 g/mol. The Hall–Kier alpha value is -1.95. The van der Waals surface area contributed by atoms with E-state index in [4.69, 9.17) is 14.5 Å². The van der Waals surface area contributed by atoms with Crippen LogP contribution in [0.3, 0.4) is 0 Å². The van der Waals surface area contributed by atoms with Crippen molar-refractivity contribution < 1.29 is 9.47 Å². The lowest BCUT2D eigenvalue weighted by molar-refractivity contribution is 0.292. The monoisotopic (exact) mass is 392 g/mol. The zero-order valence-corrected chi connectivity index (χ0v) is 18.7. The summed E-state index contributed by atoms with van der Waals surface area (Å²) in [5.41, 5.74) is 1.09. The molecule has 0 aliphatic carbocycles. The van der Waals surface area contributed by atoms with E-state index in [0.29, 0.717) is 19.2 Å². The molecule has 0 amide bonds. The lowest BCUT2D eigenvalue weighted by Crippen LogP contribution is -2.42. The van der Waals surface area contributed by atoms with Gasteiger partial charge in [-0.25, -0.2) is 4.99 Å².